The minimum atomic E-state index is -1.15. The average Bonchev–Trinajstić information content (AvgIpc) is 2.92. The monoisotopic (exact) mass is 510 g/mol. The van der Waals surface area contributed by atoms with Crippen LogP contribution in [0.1, 0.15) is 80.1 Å². The van der Waals surface area contributed by atoms with Gasteiger partial charge in [0.15, 0.2) is 11.6 Å². The van der Waals surface area contributed by atoms with Crippen molar-refractivity contribution in [3.05, 3.63) is 83.2 Å². The van der Waals surface area contributed by atoms with Gasteiger partial charge in [0.25, 0.3) is 0 Å². The molecule has 0 saturated heterocycles. The SMILES string of the molecule is CCCCCC1CCC(c2ccc(OC(=O)c3ccc(-c4ccc(OC)cc4F)cc3)c(F)c2F)CC1. The summed E-state index contributed by atoms with van der Waals surface area (Å²) in [5.41, 5.74) is 1.40. The van der Waals surface area contributed by atoms with E-state index in [9.17, 15) is 18.0 Å². The van der Waals surface area contributed by atoms with Gasteiger partial charge in [-0.25, -0.2) is 13.6 Å². The summed E-state index contributed by atoms with van der Waals surface area (Å²) in [6.45, 7) is 2.19. The first-order valence-corrected chi connectivity index (χ1v) is 13.0. The van der Waals surface area contributed by atoms with Crippen molar-refractivity contribution in [3.63, 3.8) is 0 Å². The van der Waals surface area contributed by atoms with Crippen molar-refractivity contribution < 1.29 is 27.4 Å². The van der Waals surface area contributed by atoms with Crippen molar-refractivity contribution >= 4 is 5.97 Å². The number of hydrogen-bond donors (Lipinski definition) is 0. The molecule has 0 spiro atoms. The fraction of sp³-hybridized carbons (Fsp3) is 0.387. The maximum absolute atomic E-state index is 15.0. The molecule has 1 aliphatic rings. The largest absolute Gasteiger partial charge is 0.497 e. The number of benzene rings is 3. The molecular weight excluding hydrogens is 477 g/mol. The first-order chi connectivity index (χ1) is 17.9. The van der Waals surface area contributed by atoms with Gasteiger partial charge in [0, 0.05) is 11.6 Å². The standard InChI is InChI=1S/C31H33F3O3/c1-3-4-5-6-20-7-9-22(10-8-20)26-17-18-28(30(34)29(26)33)37-31(35)23-13-11-21(12-14-23)25-16-15-24(36-2)19-27(25)32/h11-20,22H,3-10H2,1-2H3. The van der Waals surface area contributed by atoms with Crippen LogP contribution < -0.4 is 9.47 Å². The van der Waals surface area contributed by atoms with Gasteiger partial charge in [0.2, 0.25) is 5.82 Å². The topological polar surface area (TPSA) is 35.5 Å². The number of carbonyl (C=O) groups excluding carboxylic acids is 1. The Hall–Kier alpha value is -3.28. The lowest BCUT2D eigenvalue weighted by molar-refractivity contribution is 0.0726. The molecule has 1 saturated carbocycles. The molecule has 0 aromatic heterocycles. The summed E-state index contributed by atoms with van der Waals surface area (Å²) in [5, 5.41) is 0. The van der Waals surface area contributed by atoms with Crippen molar-refractivity contribution in [2.75, 3.05) is 7.11 Å². The minimum absolute atomic E-state index is 0.0208. The fourth-order valence-electron chi connectivity index (χ4n) is 5.19. The van der Waals surface area contributed by atoms with Gasteiger partial charge in [-0.1, -0.05) is 50.8 Å². The zero-order valence-electron chi connectivity index (χ0n) is 21.4. The van der Waals surface area contributed by atoms with Crippen LogP contribution in [0.5, 0.6) is 11.5 Å². The summed E-state index contributed by atoms with van der Waals surface area (Å²) in [7, 11) is 1.46. The van der Waals surface area contributed by atoms with Gasteiger partial charge in [-0.2, -0.15) is 4.39 Å². The predicted octanol–water partition coefficient (Wildman–Crippen LogP) is 8.85. The van der Waals surface area contributed by atoms with Crippen LogP contribution in [0.2, 0.25) is 0 Å². The molecule has 0 heterocycles. The van der Waals surface area contributed by atoms with Gasteiger partial charge in [0.1, 0.15) is 11.6 Å². The molecular formula is C31H33F3O3. The third-order valence-corrected chi connectivity index (χ3v) is 7.39. The van der Waals surface area contributed by atoms with Crippen molar-refractivity contribution in [1.29, 1.82) is 0 Å². The normalized spacial score (nSPS) is 17.4. The van der Waals surface area contributed by atoms with Crippen LogP contribution in [0.15, 0.2) is 54.6 Å². The Kier molecular flexibility index (Phi) is 8.91. The summed E-state index contributed by atoms with van der Waals surface area (Å²) in [4.78, 5) is 12.6. The third kappa shape index (κ3) is 6.35. The van der Waals surface area contributed by atoms with Crippen LogP contribution in [0.4, 0.5) is 13.2 Å². The summed E-state index contributed by atoms with van der Waals surface area (Å²) < 4.78 is 54.4. The lowest BCUT2D eigenvalue weighted by atomic mass is 9.77. The Balaban J connectivity index is 1.40. The van der Waals surface area contributed by atoms with Gasteiger partial charge in [-0.05, 0) is 79.0 Å². The molecule has 4 rings (SSSR count). The summed E-state index contributed by atoms with van der Waals surface area (Å²) in [6.07, 6.45) is 8.63. The Morgan fingerprint density at radius 1 is 0.892 bits per heavy atom. The summed E-state index contributed by atoms with van der Waals surface area (Å²) in [5.74, 6) is -2.76. The number of rotatable bonds is 9. The molecule has 0 radical (unpaired) electrons. The molecule has 196 valence electrons. The van der Waals surface area contributed by atoms with Gasteiger partial charge in [-0.15, -0.1) is 0 Å². The lowest BCUT2D eigenvalue weighted by Gasteiger charge is -2.29. The van der Waals surface area contributed by atoms with Crippen LogP contribution in [0.25, 0.3) is 11.1 Å². The Morgan fingerprint density at radius 2 is 1.62 bits per heavy atom. The number of ether oxygens (including phenoxy) is 2. The van der Waals surface area contributed by atoms with E-state index in [0.29, 0.717) is 28.4 Å². The van der Waals surface area contributed by atoms with Crippen LogP contribution in [-0.2, 0) is 0 Å². The van der Waals surface area contributed by atoms with E-state index in [1.807, 2.05) is 0 Å². The second-order valence-corrected chi connectivity index (χ2v) is 9.81. The molecule has 0 amide bonds. The van der Waals surface area contributed by atoms with Gasteiger partial charge in [-0.3, -0.25) is 0 Å². The summed E-state index contributed by atoms with van der Waals surface area (Å²) >= 11 is 0. The molecule has 0 unspecified atom stereocenters. The Morgan fingerprint density at radius 3 is 2.27 bits per heavy atom. The smallest absolute Gasteiger partial charge is 0.343 e. The Labute approximate surface area is 216 Å². The summed E-state index contributed by atoms with van der Waals surface area (Å²) in [6, 6.07) is 13.4. The lowest BCUT2D eigenvalue weighted by Crippen LogP contribution is -2.16. The third-order valence-electron chi connectivity index (χ3n) is 7.39. The van der Waals surface area contributed by atoms with E-state index in [-0.39, 0.29) is 11.5 Å². The number of unbranched alkanes of at least 4 members (excludes halogenated alkanes) is 2. The Bertz CT molecular complexity index is 1220. The van der Waals surface area contributed by atoms with E-state index in [1.54, 1.807) is 30.3 Å². The molecule has 3 nitrogen and oxygen atoms in total. The van der Waals surface area contributed by atoms with Crippen LogP contribution in [0.3, 0.4) is 0 Å². The van der Waals surface area contributed by atoms with Gasteiger partial charge < -0.3 is 9.47 Å². The van der Waals surface area contributed by atoms with E-state index in [1.165, 1.54) is 57.1 Å². The van der Waals surface area contributed by atoms with Crippen LogP contribution in [0, 0.1) is 23.4 Å². The molecule has 1 aliphatic carbocycles. The quantitative estimate of drug-likeness (QED) is 0.164. The number of halogens is 3. The van der Waals surface area contributed by atoms with E-state index in [0.717, 1.165) is 25.7 Å². The first-order valence-electron chi connectivity index (χ1n) is 13.0. The highest BCUT2D eigenvalue weighted by Crippen LogP contribution is 2.40. The zero-order chi connectivity index (χ0) is 26.4. The molecule has 1 fully saturated rings. The fourth-order valence-corrected chi connectivity index (χ4v) is 5.19. The van der Waals surface area contributed by atoms with E-state index in [2.05, 4.69) is 6.92 Å². The van der Waals surface area contributed by atoms with Crippen LogP contribution in [-0.4, -0.2) is 13.1 Å². The maximum atomic E-state index is 15.0. The van der Waals surface area contributed by atoms with Crippen LogP contribution >= 0.6 is 0 Å². The first kappa shape index (κ1) is 26.8. The maximum Gasteiger partial charge on any atom is 0.343 e. The van der Waals surface area contributed by atoms with Gasteiger partial charge >= 0.3 is 5.97 Å². The van der Waals surface area contributed by atoms with Crippen molar-refractivity contribution in [1.82, 2.24) is 0 Å². The second kappa shape index (κ2) is 12.3. The highest BCUT2D eigenvalue weighted by molar-refractivity contribution is 5.91. The molecule has 0 atom stereocenters. The van der Waals surface area contributed by atoms with Crippen molar-refractivity contribution in [3.8, 4) is 22.6 Å². The highest BCUT2D eigenvalue weighted by Gasteiger charge is 2.27. The van der Waals surface area contributed by atoms with Crippen molar-refractivity contribution in [2.24, 2.45) is 5.92 Å². The molecule has 3 aromatic carbocycles. The predicted molar refractivity (Wildman–Crippen MR) is 139 cm³/mol. The molecule has 0 bridgehead atoms. The second-order valence-electron chi connectivity index (χ2n) is 9.81. The van der Waals surface area contributed by atoms with E-state index >= 15 is 0 Å². The number of esters is 1. The number of carbonyl (C=O) groups is 1. The van der Waals surface area contributed by atoms with E-state index in [4.69, 9.17) is 9.47 Å². The number of hydrogen-bond acceptors (Lipinski definition) is 3. The van der Waals surface area contributed by atoms with E-state index < -0.39 is 29.2 Å². The zero-order valence-corrected chi connectivity index (χ0v) is 21.4. The molecule has 37 heavy (non-hydrogen) atoms. The van der Waals surface area contributed by atoms with Crippen molar-refractivity contribution in [2.45, 2.75) is 64.2 Å². The minimum Gasteiger partial charge on any atom is -0.497 e. The molecule has 3 aromatic rings. The average molecular weight is 511 g/mol. The molecule has 6 heteroatoms. The molecule has 0 aliphatic heterocycles. The van der Waals surface area contributed by atoms with Gasteiger partial charge in [0.05, 0.1) is 12.7 Å². The highest BCUT2D eigenvalue weighted by atomic mass is 19.2. The number of methoxy groups -OCH3 is 1. The molecule has 0 N–H and O–H groups in total.